The highest BCUT2D eigenvalue weighted by Gasteiger charge is 2.38. The summed E-state index contributed by atoms with van der Waals surface area (Å²) in [6, 6.07) is 19.3. The number of nitrogens with zero attached hydrogens (tertiary/aromatic N) is 2. The zero-order valence-corrected chi connectivity index (χ0v) is 21.2. The number of carbonyl (C=O) groups is 1. The molecule has 2 heterocycles. The van der Waals surface area contributed by atoms with Crippen LogP contribution in [0.4, 0.5) is 5.82 Å². The Labute approximate surface area is 204 Å². The predicted octanol–water partition coefficient (Wildman–Crippen LogP) is 6.57. The molecule has 0 radical (unpaired) electrons. The molecule has 2 N–H and O–H groups in total. The molecule has 5 nitrogen and oxygen atoms in total. The molecule has 0 bridgehead atoms. The van der Waals surface area contributed by atoms with Gasteiger partial charge in [0.1, 0.15) is 11.4 Å². The summed E-state index contributed by atoms with van der Waals surface area (Å²) in [5.74, 6) is 0.710. The van der Waals surface area contributed by atoms with E-state index in [0.29, 0.717) is 5.56 Å². The van der Waals surface area contributed by atoms with Crippen LogP contribution in [0.15, 0.2) is 60.8 Å². The number of rotatable bonds is 8. The van der Waals surface area contributed by atoms with Crippen LogP contribution >= 0.6 is 0 Å². The third-order valence-corrected chi connectivity index (χ3v) is 7.41. The number of aromatic nitrogens is 2. The molecular formula is C29H38N4O. The number of anilines is 1. The second kappa shape index (κ2) is 9.65. The molecule has 1 aromatic heterocycles. The highest BCUT2D eigenvalue weighted by atomic mass is 16.1. The fraction of sp³-hybridized carbons (Fsp3) is 0.448. The quantitative estimate of drug-likeness (QED) is 0.401. The highest BCUT2D eigenvalue weighted by molar-refractivity contribution is 5.99. The molecule has 3 aromatic rings. The van der Waals surface area contributed by atoms with Gasteiger partial charge in [0.25, 0.3) is 5.91 Å². The van der Waals surface area contributed by atoms with E-state index in [2.05, 4.69) is 98.9 Å². The van der Waals surface area contributed by atoms with Crippen molar-refractivity contribution in [3.05, 3.63) is 83.0 Å². The van der Waals surface area contributed by atoms with Gasteiger partial charge in [-0.3, -0.25) is 4.79 Å². The molecule has 34 heavy (non-hydrogen) atoms. The second-order valence-corrected chi connectivity index (χ2v) is 10.1. The van der Waals surface area contributed by atoms with Crippen LogP contribution in [0.5, 0.6) is 0 Å². The van der Waals surface area contributed by atoms with Crippen LogP contribution in [-0.4, -0.2) is 15.7 Å². The maximum absolute atomic E-state index is 13.7. The molecule has 0 aliphatic carbocycles. The molecule has 0 spiro atoms. The van der Waals surface area contributed by atoms with E-state index in [-0.39, 0.29) is 17.5 Å². The van der Waals surface area contributed by atoms with Crippen molar-refractivity contribution in [3.8, 4) is 0 Å². The van der Waals surface area contributed by atoms with Crippen molar-refractivity contribution in [2.45, 2.75) is 83.8 Å². The molecule has 1 unspecified atom stereocenters. The minimum absolute atomic E-state index is 0.0837. The zero-order valence-electron chi connectivity index (χ0n) is 21.2. The number of amides is 1. The lowest BCUT2D eigenvalue weighted by Gasteiger charge is -2.38. The number of nitrogens with one attached hydrogen (secondary N) is 2. The Bertz CT molecular complexity index is 1110. The zero-order chi connectivity index (χ0) is 24.3. The fourth-order valence-electron chi connectivity index (χ4n) is 5.27. The smallest absolute Gasteiger partial charge is 0.257 e. The van der Waals surface area contributed by atoms with Crippen LogP contribution in [0.1, 0.15) is 93.4 Å². The van der Waals surface area contributed by atoms with Crippen molar-refractivity contribution < 1.29 is 4.79 Å². The Balaban J connectivity index is 1.64. The van der Waals surface area contributed by atoms with Crippen molar-refractivity contribution in [3.63, 3.8) is 0 Å². The van der Waals surface area contributed by atoms with Crippen LogP contribution in [0, 0.1) is 0 Å². The van der Waals surface area contributed by atoms with E-state index in [1.807, 2.05) is 10.7 Å². The largest absolute Gasteiger partial charge is 0.363 e. The van der Waals surface area contributed by atoms with E-state index in [1.54, 1.807) is 6.20 Å². The van der Waals surface area contributed by atoms with E-state index in [9.17, 15) is 4.79 Å². The van der Waals surface area contributed by atoms with E-state index in [0.717, 1.165) is 43.5 Å². The minimum Gasteiger partial charge on any atom is -0.363 e. The first kappa shape index (κ1) is 24.1. The monoisotopic (exact) mass is 458 g/mol. The summed E-state index contributed by atoms with van der Waals surface area (Å²) >= 11 is 0. The highest BCUT2D eigenvalue weighted by Crippen LogP contribution is 2.40. The maximum atomic E-state index is 13.7. The summed E-state index contributed by atoms with van der Waals surface area (Å²) in [4.78, 5) is 13.7. The van der Waals surface area contributed by atoms with Gasteiger partial charge < -0.3 is 10.6 Å². The van der Waals surface area contributed by atoms with Gasteiger partial charge in [0.15, 0.2) is 0 Å². The molecule has 1 aliphatic heterocycles. The Morgan fingerprint density at radius 1 is 1.09 bits per heavy atom. The predicted molar refractivity (Wildman–Crippen MR) is 139 cm³/mol. The molecule has 4 rings (SSSR count). The summed E-state index contributed by atoms with van der Waals surface area (Å²) in [6.07, 6.45) is 6.44. The van der Waals surface area contributed by atoms with Crippen LogP contribution < -0.4 is 10.6 Å². The summed E-state index contributed by atoms with van der Waals surface area (Å²) in [5, 5.41) is 11.7. The van der Waals surface area contributed by atoms with Crippen molar-refractivity contribution in [1.29, 1.82) is 0 Å². The van der Waals surface area contributed by atoms with E-state index >= 15 is 0 Å². The number of fused-ring (bicyclic) bond motifs is 1. The Hall–Kier alpha value is -3.08. The lowest BCUT2D eigenvalue weighted by Crippen LogP contribution is -2.45. The molecule has 2 aromatic carbocycles. The molecule has 0 saturated carbocycles. The van der Waals surface area contributed by atoms with Crippen molar-refractivity contribution in [2.75, 3.05) is 5.32 Å². The third kappa shape index (κ3) is 4.48. The second-order valence-electron chi connectivity index (χ2n) is 10.1. The third-order valence-electron chi connectivity index (χ3n) is 7.41. The molecule has 0 fully saturated rings. The molecule has 1 aliphatic rings. The van der Waals surface area contributed by atoms with Crippen molar-refractivity contribution >= 4 is 11.7 Å². The average molecular weight is 459 g/mol. The minimum atomic E-state index is -0.417. The van der Waals surface area contributed by atoms with Crippen LogP contribution in [0.3, 0.4) is 0 Å². The number of hydrogen-bond acceptors (Lipinski definition) is 3. The van der Waals surface area contributed by atoms with E-state index < -0.39 is 5.54 Å². The lowest BCUT2D eigenvalue weighted by atomic mass is 9.83. The van der Waals surface area contributed by atoms with Gasteiger partial charge in [0.05, 0.1) is 23.3 Å². The first-order valence-electron chi connectivity index (χ1n) is 12.7. The summed E-state index contributed by atoms with van der Waals surface area (Å²) in [5.41, 5.74) is 3.69. The first-order valence-corrected chi connectivity index (χ1v) is 12.7. The van der Waals surface area contributed by atoms with Crippen LogP contribution in [0.2, 0.25) is 0 Å². The van der Waals surface area contributed by atoms with Crippen LogP contribution in [0.25, 0.3) is 0 Å². The summed E-state index contributed by atoms with van der Waals surface area (Å²) in [7, 11) is 0. The molecular weight excluding hydrogens is 420 g/mol. The lowest BCUT2D eigenvalue weighted by molar-refractivity contribution is 0.0890. The Morgan fingerprint density at radius 2 is 1.76 bits per heavy atom. The van der Waals surface area contributed by atoms with Gasteiger partial charge in [-0.05, 0) is 56.2 Å². The van der Waals surface area contributed by atoms with Crippen molar-refractivity contribution in [2.24, 2.45) is 0 Å². The first-order chi connectivity index (χ1) is 16.3. The fourth-order valence-corrected chi connectivity index (χ4v) is 5.27. The van der Waals surface area contributed by atoms with Gasteiger partial charge in [-0.2, -0.15) is 5.10 Å². The standard InChI is InChI=1S/C29H38N4O/c1-6-12-21-15-17-23(18-16-21)29(7-2,8-3)32-27(34)24-20-30-33-26(24)31-25(19-28(33,4)5)22-13-10-9-11-14-22/h9-11,13-18,20,25,31H,6-8,12,19H2,1-5H3,(H,32,34). The SMILES string of the molecule is CCCc1ccc(C(CC)(CC)NC(=O)c2cnn3c2NC(c2ccccc2)CC3(C)C)cc1. The van der Waals surface area contributed by atoms with Crippen LogP contribution in [-0.2, 0) is 17.5 Å². The van der Waals surface area contributed by atoms with Crippen molar-refractivity contribution in [1.82, 2.24) is 15.1 Å². The average Bonchev–Trinajstić information content (AvgIpc) is 3.29. The Kier molecular flexibility index (Phi) is 6.83. The number of aryl methyl sites for hydroxylation is 1. The number of carbonyl (C=O) groups excluding carboxylic acids is 1. The maximum Gasteiger partial charge on any atom is 0.257 e. The van der Waals surface area contributed by atoms with Gasteiger partial charge in [0.2, 0.25) is 0 Å². The summed E-state index contributed by atoms with van der Waals surface area (Å²) in [6.45, 7) is 10.8. The molecule has 0 saturated heterocycles. The molecule has 180 valence electrons. The summed E-state index contributed by atoms with van der Waals surface area (Å²) < 4.78 is 1.97. The topological polar surface area (TPSA) is 59.0 Å². The Morgan fingerprint density at radius 3 is 2.38 bits per heavy atom. The van der Waals surface area contributed by atoms with Gasteiger partial charge >= 0.3 is 0 Å². The van der Waals surface area contributed by atoms with Gasteiger partial charge in [0, 0.05) is 0 Å². The normalized spacial score (nSPS) is 17.0. The number of hydrogen-bond donors (Lipinski definition) is 2. The van der Waals surface area contributed by atoms with Gasteiger partial charge in [-0.15, -0.1) is 0 Å². The molecule has 1 atom stereocenters. The van der Waals surface area contributed by atoms with Gasteiger partial charge in [-0.25, -0.2) is 4.68 Å². The van der Waals surface area contributed by atoms with Gasteiger partial charge in [-0.1, -0.05) is 81.8 Å². The van der Waals surface area contributed by atoms with E-state index in [4.69, 9.17) is 0 Å². The molecule has 1 amide bonds. The van der Waals surface area contributed by atoms with E-state index in [1.165, 1.54) is 11.1 Å². The molecule has 5 heteroatoms. The number of benzene rings is 2.